The van der Waals surface area contributed by atoms with Gasteiger partial charge in [-0.25, -0.2) is 24.3 Å². The van der Waals surface area contributed by atoms with E-state index in [9.17, 15) is 17.6 Å². The summed E-state index contributed by atoms with van der Waals surface area (Å²) in [5.74, 6) is -0.0814. The number of halogens is 5. The van der Waals surface area contributed by atoms with E-state index in [0.29, 0.717) is 35.6 Å². The molecule has 1 aromatic carbocycles. The molecule has 0 bridgehead atoms. The minimum Gasteiger partial charge on any atom is -0.356 e. The number of anilines is 1. The van der Waals surface area contributed by atoms with E-state index in [1.807, 2.05) is 0 Å². The number of nitrogens with one attached hydrogen (secondary N) is 1. The molecule has 1 N–H and O–H groups in total. The van der Waals surface area contributed by atoms with Gasteiger partial charge in [0.05, 0.1) is 5.02 Å². The Hall–Kier alpha value is -3.27. The zero-order chi connectivity index (χ0) is 22.6. The fourth-order valence-electron chi connectivity index (χ4n) is 4.04. The molecule has 0 fully saturated rings. The van der Waals surface area contributed by atoms with Gasteiger partial charge < -0.3 is 9.88 Å². The molecule has 32 heavy (non-hydrogen) atoms. The first-order valence-corrected chi connectivity index (χ1v) is 10.0. The maximum absolute atomic E-state index is 14.1. The molecule has 0 saturated carbocycles. The van der Waals surface area contributed by atoms with Gasteiger partial charge in [-0.05, 0) is 37.1 Å². The number of aromatic amines is 1. The van der Waals surface area contributed by atoms with Gasteiger partial charge in [-0.1, -0.05) is 11.6 Å². The van der Waals surface area contributed by atoms with Crippen LogP contribution in [0.3, 0.4) is 0 Å². The van der Waals surface area contributed by atoms with Crippen molar-refractivity contribution in [3.63, 3.8) is 0 Å². The Kier molecular flexibility index (Phi) is 4.77. The molecule has 164 valence electrons. The zero-order valence-electron chi connectivity index (χ0n) is 16.6. The normalized spacial score (nSPS) is 16.4. The van der Waals surface area contributed by atoms with Crippen molar-refractivity contribution >= 4 is 28.5 Å². The number of fused-ring (bicyclic) bond motifs is 3. The van der Waals surface area contributed by atoms with Gasteiger partial charge in [0.1, 0.15) is 23.4 Å². The number of H-pyrrole nitrogens is 1. The largest absolute Gasteiger partial charge is 0.433 e. The van der Waals surface area contributed by atoms with Crippen molar-refractivity contribution in [2.75, 3.05) is 11.4 Å². The predicted molar refractivity (Wildman–Crippen MR) is 110 cm³/mol. The number of alkyl halides is 3. The van der Waals surface area contributed by atoms with Crippen LogP contribution in [0.25, 0.3) is 10.9 Å². The van der Waals surface area contributed by atoms with Crippen LogP contribution in [0.2, 0.25) is 5.02 Å². The molecule has 4 aromatic rings. The number of hydrogen-bond donors (Lipinski definition) is 1. The van der Waals surface area contributed by atoms with E-state index >= 15 is 0 Å². The minimum absolute atomic E-state index is 0.00170. The lowest BCUT2D eigenvalue weighted by atomic mass is 9.94. The quantitative estimate of drug-likeness (QED) is 0.424. The fraction of sp³-hybridized carbons (Fsp3) is 0.238. The number of aromatic nitrogens is 5. The lowest BCUT2D eigenvalue weighted by Gasteiger charge is -2.36. The third-order valence-corrected chi connectivity index (χ3v) is 5.76. The zero-order valence-corrected chi connectivity index (χ0v) is 17.3. The van der Waals surface area contributed by atoms with E-state index in [4.69, 9.17) is 11.6 Å². The van der Waals surface area contributed by atoms with Gasteiger partial charge in [0.25, 0.3) is 0 Å². The van der Waals surface area contributed by atoms with Crippen molar-refractivity contribution < 1.29 is 17.6 Å². The van der Waals surface area contributed by atoms with Gasteiger partial charge in [0, 0.05) is 47.3 Å². The smallest absolute Gasteiger partial charge is 0.356 e. The Balaban J connectivity index is 1.70. The van der Waals surface area contributed by atoms with E-state index in [0.717, 1.165) is 23.2 Å². The van der Waals surface area contributed by atoms with E-state index in [2.05, 4.69) is 24.9 Å². The maximum atomic E-state index is 14.1. The molecule has 4 heterocycles. The highest BCUT2D eigenvalue weighted by molar-refractivity contribution is 6.31. The average molecular weight is 463 g/mol. The molecule has 0 amide bonds. The molecule has 1 aliphatic heterocycles. The summed E-state index contributed by atoms with van der Waals surface area (Å²) in [6, 6.07) is 3.10. The summed E-state index contributed by atoms with van der Waals surface area (Å²) in [5.41, 5.74) is 1.73. The minimum atomic E-state index is -4.60. The predicted octanol–water partition coefficient (Wildman–Crippen LogP) is 5.02. The number of rotatable bonds is 2. The topological polar surface area (TPSA) is 70.6 Å². The molecule has 0 spiro atoms. The second kappa shape index (κ2) is 7.40. The molecule has 5 rings (SSSR count). The Bertz CT molecular complexity index is 1320. The highest BCUT2D eigenvalue weighted by Crippen LogP contribution is 2.41. The molecule has 6 nitrogen and oxygen atoms in total. The molecule has 0 aliphatic carbocycles. The summed E-state index contributed by atoms with van der Waals surface area (Å²) in [6.07, 6.45) is 0.184. The average Bonchev–Trinajstić information content (AvgIpc) is 3.11. The molecule has 1 atom stereocenters. The second-order valence-corrected chi connectivity index (χ2v) is 7.89. The van der Waals surface area contributed by atoms with Crippen LogP contribution < -0.4 is 4.90 Å². The van der Waals surface area contributed by atoms with Crippen molar-refractivity contribution in [1.82, 2.24) is 24.9 Å². The van der Waals surface area contributed by atoms with Crippen LogP contribution in [0.5, 0.6) is 0 Å². The second-order valence-electron chi connectivity index (χ2n) is 7.48. The summed E-state index contributed by atoms with van der Waals surface area (Å²) < 4.78 is 53.9. The van der Waals surface area contributed by atoms with Crippen molar-refractivity contribution in [3.8, 4) is 0 Å². The van der Waals surface area contributed by atoms with E-state index in [-0.39, 0.29) is 11.0 Å². The lowest BCUT2D eigenvalue weighted by molar-refractivity contribution is -0.141. The summed E-state index contributed by atoms with van der Waals surface area (Å²) >= 11 is 6.00. The SMILES string of the molecule is Cc1ncc(C2c3[nH]c4cc(F)c(Cl)cc4c3CCN2c2nccc(C(F)(F)F)n2)cn1. The number of hydrogen-bond acceptors (Lipinski definition) is 5. The van der Waals surface area contributed by atoms with Crippen molar-refractivity contribution in [3.05, 3.63) is 76.0 Å². The van der Waals surface area contributed by atoms with Gasteiger partial charge in [0.15, 0.2) is 0 Å². The standard InChI is InChI=1S/C21H15ClF4N6/c1-10-28-8-11(9-29-10)19-18-12(13-6-14(22)15(23)7-16(13)30-18)3-5-32(19)20-27-4-2-17(31-20)21(24,25)26/h2,4,6-9,19,30H,3,5H2,1H3. The van der Waals surface area contributed by atoms with Gasteiger partial charge in [-0.2, -0.15) is 13.2 Å². The van der Waals surface area contributed by atoms with Gasteiger partial charge in [0.2, 0.25) is 5.95 Å². The van der Waals surface area contributed by atoms with E-state index in [1.54, 1.807) is 30.3 Å². The van der Waals surface area contributed by atoms with Crippen LogP contribution in [-0.2, 0) is 12.6 Å². The fourth-order valence-corrected chi connectivity index (χ4v) is 4.20. The number of benzene rings is 1. The summed E-state index contributed by atoms with van der Waals surface area (Å²) in [5, 5.41) is 0.757. The maximum Gasteiger partial charge on any atom is 0.433 e. The van der Waals surface area contributed by atoms with Crippen LogP contribution >= 0.6 is 11.6 Å². The van der Waals surface area contributed by atoms with E-state index < -0.39 is 23.7 Å². The first-order chi connectivity index (χ1) is 15.2. The van der Waals surface area contributed by atoms with Crippen molar-refractivity contribution in [2.45, 2.75) is 25.6 Å². The molecular formula is C21H15ClF4N6. The number of nitrogens with zero attached hydrogens (tertiary/aromatic N) is 5. The molecular weight excluding hydrogens is 448 g/mol. The summed E-state index contributed by atoms with van der Waals surface area (Å²) in [4.78, 5) is 21.2. The third kappa shape index (κ3) is 3.44. The van der Waals surface area contributed by atoms with Crippen LogP contribution in [0.1, 0.15) is 34.4 Å². The Labute approximate surface area is 184 Å². The summed E-state index contributed by atoms with van der Waals surface area (Å²) in [7, 11) is 0. The molecule has 0 saturated heterocycles. The molecule has 1 aliphatic rings. The monoisotopic (exact) mass is 462 g/mol. The van der Waals surface area contributed by atoms with Gasteiger partial charge in [-0.3, -0.25) is 0 Å². The Morgan fingerprint density at radius 1 is 1.16 bits per heavy atom. The van der Waals surface area contributed by atoms with Crippen molar-refractivity contribution in [2.24, 2.45) is 0 Å². The van der Waals surface area contributed by atoms with Crippen molar-refractivity contribution in [1.29, 1.82) is 0 Å². The highest BCUT2D eigenvalue weighted by Gasteiger charge is 2.37. The molecule has 11 heteroatoms. The highest BCUT2D eigenvalue weighted by atomic mass is 35.5. The van der Waals surface area contributed by atoms with Crippen LogP contribution in [0.4, 0.5) is 23.5 Å². The molecule has 3 aromatic heterocycles. The first kappa shape index (κ1) is 20.6. The Morgan fingerprint density at radius 2 is 1.91 bits per heavy atom. The Morgan fingerprint density at radius 3 is 2.62 bits per heavy atom. The van der Waals surface area contributed by atoms with E-state index in [1.165, 1.54) is 6.07 Å². The first-order valence-electron chi connectivity index (χ1n) is 9.67. The third-order valence-electron chi connectivity index (χ3n) is 5.47. The molecule has 0 radical (unpaired) electrons. The van der Waals surface area contributed by atoms with Crippen LogP contribution in [-0.4, -0.2) is 31.5 Å². The lowest BCUT2D eigenvalue weighted by Crippen LogP contribution is -2.37. The van der Waals surface area contributed by atoms with Gasteiger partial charge in [-0.15, -0.1) is 0 Å². The van der Waals surface area contributed by atoms with Crippen LogP contribution in [0, 0.1) is 12.7 Å². The number of aryl methyl sites for hydroxylation is 1. The summed E-state index contributed by atoms with van der Waals surface area (Å²) in [6.45, 7) is 2.06. The van der Waals surface area contributed by atoms with Gasteiger partial charge >= 0.3 is 6.18 Å². The van der Waals surface area contributed by atoms with Crippen LogP contribution in [0.15, 0.2) is 36.8 Å². The molecule has 1 unspecified atom stereocenters.